The number of allylic oxidation sites excluding steroid dienone is 2. The molecule has 21 heavy (non-hydrogen) atoms. The fraction of sp³-hybridized carbons (Fsp3) is 0. The summed E-state index contributed by atoms with van der Waals surface area (Å²) in [6.07, 6.45) is 1.49. The Morgan fingerprint density at radius 3 is 2.05 bits per heavy atom. The van der Waals surface area contributed by atoms with Crippen molar-refractivity contribution >= 4 is 17.5 Å². The molecule has 0 amide bonds. The molecule has 0 atom stereocenters. The van der Waals surface area contributed by atoms with Crippen molar-refractivity contribution in [1.29, 1.82) is 10.5 Å². The van der Waals surface area contributed by atoms with Gasteiger partial charge >= 0.3 is 0 Å². The second-order valence-electron chi connectivity index (χ2n) is 4.11. The summed E-state index contributed by atoms with van der Waals surface area (Å²) in [4.78, 5) is 0. The lowest BCUT2D eigenvalue weighted by Crippen LogP contribution is -1.94. The fourth-order valence-electron chi connectivity index (χ4n) is 1.73. The van der Waals surface area contributed by atoms with E-state index in [0.29, 0.717) is 5.57 Å². The van der Waals surface area contributed by atoms with E-state index >= 15 is 0 Å². The molecule has 0 heterocycles. The fourth-order valence-corrected chi connectivity index (χ4v) is 1.73. The maximum atomic E-state index is 9.06. The smallest absolute Gasteiger partial charge is 0.139 e. The molecule has 0 aromatic heterocycles. The summed E-state index contributed by atoms with van der Waals surface area (Å²) in [6.45, 7) is 0. The van der Waals surface area contributed by atoms with Gasteiger partial charge in [0.15, 0.2) is 0 Å². The van der Waals surface area contributed by atoms with Crippen LogP contribution in [0.2, 0.25) is 0 Å². The molecular formula is C17H12N4. The van der Waals surface area contributed by atoms with Crippen LogP contribution in [0, 0.1) is 22.7 Å². The molecule has 2 aromatic carbocycles. The van der Waals surface area contributed by atoms with Crippen LogP contribution in [0.3, 0.4) is 0 Å². The van der Waals surface area contributed by atoms with Gasteiger partial charge in [0.2, 0.25) is 0 Å². The zero-order valence-corrected chi connectivity index (χ0v) is 11.2. The largest absolute Gasteiger partial charge is 0.279 e. The number of hydrazone groups is 1. The van der Waals surface area contributed by atoms with Crippen LogP contribution in [0.5, 0.6) is 0 Å². The number of hydrogen-bond acceptors (Lipinski definition) is 4. The van der Waals surface area contributed by atoms with E-state index in [1.54, 1.807) is 0 Å². The normalized spacial score (nSPS) is 9.62. The topological polar surface area (TPSA) is 72.0 Å². The summed E-state index contributed by atoms with van der Waals surface area (Å²) in [5.41, 5.74) is 4.98. The van der Waals surface area contributed by atoms with Crippen molar-refractivity contribution in [2.75, 3.05) is 5.43 Å². The van der Waals surface area contributed by atoms with Crippen molar-refractivity contribution in [3.63, 3.8) is 0 Å². The summed E-state index contributed by atoms with van der Waals surface area (Å²) >= 11 is 0. The monoisotopic (exact) mass is 272 g/mol. The van der Waals surface area contributed by atoms with E-state index < -0.39 is 0 Å². The minimum Gasteiger partial charge on any atom is -0.279 e. The highest BCUT2D eigenvalue weighted by atomic mass is 15.3. The maximum absolute atomic E-state index is 9.06. The first kappa shape index (κ1) is 14.0. The Bertz CT molecular complexity index is 716. The summed E-state index contributed by atoms with van der Waals surface area (Å²) in [6, 6.07) is 22.5. The molecule has 0 aliphatic rings. The van der Waals surface area contributed by atoms with E-state index in [1.165, 1.54) is 6.21 Å². The van der Waals surface area contributed by atoms with Crippen LogP contribution in [0.4, 0.5) is 5.69 Å². The van der Waals surface area contributed by atoms with Gasteiger partial charge in [0.1, 0.15) is 17.7 Å². The molecule has 0 fully saturated rings. The molecule has 2 rings (SSSR count). The van der Waals surface area contributed by atoms with Gasteiger partial charge in [-0.25, -0.2) is 0 Å². The maximum Gasteiger partial charge on any atom is 0.139 e. The molecule has 0 unspecified atom stereocenters. The predicted octanol–water partition coefficient (Wildman–Crippen LogP) is 3.59. The van der Waals surface area contributed by atoms with Crippen molar-refractivity contribution < 1.29 is 0 Å². The van der Waals surface area contributed by atoms with Crippen LogP contribution in [0.15, 0.2) is 71.3 Å². The van der Waals surface area contributed by atoms with Crippen LogP contribution < -0.4 is 5.43 Å². The third kappa shape index (κ3) is 3.79. The van der Waals surface area contributed by atoms with E-state index in [9.17, 15) is 0 Å². The van der Waals surface area contributed by atoms with Gasteiger partial charge in [-0.15, -0.1) is 0 Å². The van der Waals surface area contributed by atoms with Crippen LogP contribution in [0.25, 0.3) is 5.57 Å². The summed E-state index contributed by atoms with van der Waals surface area (Å²) in [7, 11) is 0. The summed E-state index contributed by atoms with van der Waals surface area (Å²) in [5.74, 6) is 0. The van der Waals surface area contributed by atoms with E-state index in [-0.39, 0.29) is 5.57 Å². The van der Waals surface area contributed by atoms with Crippen molar-refractivity contribution in [2.24, 2.45) is 5.10 Å². The number of nitrogens with zero attached hydrogens (tertiary/aromatic N) is 3. The minimum absolute atomic E-state index is 0.0276. The van der Waals surface area contributed by atoms with Crippen molar-refractivity contribution in [2.45, 2.75) is 0 Å². The van der Waals surface area contributed by atoms with Gasteiger partial charge in [-0.3, -0.25) is 5.43 Å². The predicted molar refractivity (Wildman–Crippen MR) is 83.1 cm³/mol. The molecule has 4 heteroatoms. The van der Waals surface area contributed by atoms with Gasteiger partial charge in [-0.2, -0.15) is 15.6 Å². The van der Waals surface area contributed by atoms with Crippen LogP contribution >= 0.6 is 0 Å². The Hall–Kier alpha value is -3.37. The molecule has 0 saturated carbocycles. The van der Waals surface area contributed by atoms with Crippen molar-refractivity contribution in [3.05, 3.63) is 71.8 Å². The Kier molecular flexibility index (Phi) is 4.87. The molecule has 0 bridgehead atoms. The van der Waals surface area contributed by atoms with Gasteiger partial charge in [-0.1, -0.05) is 48.5 Å². The molecule has 0 radical (unpaired) electrons. The third-order valence-electron chi connectivity index (χ3n) is 2.74. The highest BCUT2D eigenvalue weighted by Crippen LogP contribution is 2.16. The lowest BCUT2D eigenvalue weighted by Gasteiger charge is -2.03. The zero-order valence-electron chi connectivity index (χ0n) is 11.2. The molecule has 0 saturated heterocycles. The first-order valence-corrected chi connectivity index (χ1v) is 6.29. The summed E-state index contributed by atoms with van der Waals surface area (Å²) in [5, 5.41) is 22.2. The minimum atomic E-state index is 0.0276. The number of rotatable bonds is 4. The average molecular weight is 272 g/mol. The molecule has 0 aliphatic heterocycles. The third-order valence-corrected chi connectivity index (χ3v) is 2.74. The molecule has 4 nitrogen and oxygen atoms in total. The molecule has 0 aliphatic carbocycles. The SMILES string of the molecule is N#CC(C#N)=C(/C=N/Nc1ccccc1)c1ccccc1. The zero-order chi connectivity index (χ0) is 14.9. The highest BCUT2D eigenvalue weighted by molar-refractivity contribution is 6.13. The molecular weight excluding hydrogens is 260 g/mol. The Morgan fingerprint density at radius 2 is 1.48 bits per heavy atom. The molecule has 0 spiro atoms. The second-order valence-corrected chi connectivity index (χ2v) is 4.11. The van der Waals surface area contributed by atoms with Gasteiger partial charge in [0.05, 0.1) is 11.9 Å². The first-order chi connectivity index (χ1) is 10.3. The number of anilines is 1. The number of nitrogens with one attached hydrogen (secondary N) is 1. The van der Waals surface area contributed by atoms with Crippen molar-refractivity contribution in [1.82, 2.24) is 0 Å². The average Bonchev–Trinajstić information content (AvgIpc) is 2.56. The molecule has 1 N–H and O–H groups in total. The van der Waals surface area contributed by atoms with E-state index in [4.69, 9.17) is 10.5 Å². The van der Waals surface area contributed by atoms with E-state index in [0.717, 1.165) is 11.3 Å². The standard InChI is InChI=1S/C17H12N4/c18-11-15(12-19)17(14-7-3-1-4-8-14)13-20-21-16-9-5-2-6-10-16/h1-10,13,21H/b20-13+. The number of para-hydroxylation sites is 1. The quantitative estimate of drug-likeness (QED) is 0.525. The lowest BCUT2D eigenvalue weighted by atomic mass is 10.0. The number of benzene rings is 2. The van der Waals surface area contributed by atoms with E-state index in [2.05, 4.69) is 10.5 Å². The van der Waals surface area contributed by atoms with Gasteiger partial charge < -0.3 is 0 Å². The second kappa shape index (κ2) is 7.28. The van der Waals surface area contributed by atoms with Crippen LogP contribution in [-0.2, 0) is 0 Å². The van der Waals surface area contributed by atoms with Crippen LogP contribution in [-0.4, -0.2) is 6.21 Å². The van der Waals surface area contributed by atoms with Crippen molar-refractivity contribution in [3.8, 4) is 12.1 Å². The van der Waals surface area contributed by atoms with Gasteiger partial charge in [-0.05, 0) is 17.7 Å². The Morgan fingerprint density at radius 1 is 0.905 bits per heavy atom. The van der Waals surface area contributed by atoms with E-state index in [1.807, 2.05) is 72.8 Å². The lowest BCUT2D eigenvalue weighted by molar-refractivity contribution is 1.35. The summed E-state index contributed by atoms with van der Waals surface area (Å²) < 4.78 is 0. The highest BCUT2D eigenvalue weighted by Gasteiger charge is 2.06. The number of hydrogen-bond donors (Lipinski definition) is 1. The molecule has 2 aromatic rings. The van der Waals surface area contributed by atoms with Gasteiger partial charge in [0, 0.05) is 5.57 Å². The number of nitriles is 2. The van der Waals surface area contributed by atoms with Gasteiger partial charge in [0.25, 0.3) is 0 Å². The van der Waals surface area contributed by atoms with Crippen LogP contribution in [0.1, 0.15) is 5.56 Å². The first-order valence-electron chi connectivity index (χ1n) is 6.29. The Labute approximate surface area is 123 Å². The molecule has 100 valence electrons. The Balaban J connectivity index is 2.29.